The van der Waals surface area contributed by atoms with Gasteiger partial charge in [-0.05, 0) is 32.1 Å². The highest BCUT2D eigenvalue weighted by molar-refractivity contribution is 6.83. The fourth-order valence-corrected chi connectivity index (χ4v) is 2.09. The van der Waals surface area contributed by atoms with Gasteiger partial charge in [-0.1, -0.05) is 25.7 Å². The molecule has 0 amide bonds. The minimum Gasteiger partial charge on any atom is -0.132 e. The van der Waals surface area contributed by atoms with E-state index in [1.807, 2.05) is 6.08 Å². The molecule has 18 heavy (non-hydrogen) atoms. The van der Waals surface area contributed by atoms with Gasteiger partial charge < -0.3 is 0 Å². The van der Waals surface area contributed by atoms with Crippen LogP contribution in [0.15, 0.2) is 12.7 Å². The van der Waals surface area contributed by atoms with Crippen LogP contribution in [0.1, 0.15) is 51.4 Å². The third-order valence-electron chi connectivity index (χ3n) is 2.40. The molecule has 0 aromatic heterocycles. The summed E-state index contributed by atoms with van der Waals surface area (Å²) in [6, 6.07) is 0. The van der Waals surface area contributed by atoms with E-state index in [1.54, 1.807) is 0 Å². The second-order valence-corrected chi connectivity index (χ2v) is 10.4. The summed E-state index contributed by atoms with van der Waals surface area (Å²) < 4.78 is 0. The number of allylic oxidation sites excluding steroid dienone is 1. The number of hydrogen-bond donors (Lipinski definition) is 0. The molecule has 0 nitrogen and oxygen atoms in total. The van der Waals surface area contributed by atoms with E-state index >= 15 is 0 Å². The summed E-state index contributed by atoms with van der Waals surface area (Å²) in [4.78, 5) is 0. The largest absolute Gasteiger partial charge is 0.132 e. The van der Waals surface area contributed by atoms with E-state index < -0.39 is 8.07 Å². The molecule has 0 saturated heterocycles. The first kappa shape index (κ1) is 17.1. The molecule has 0 fully saturated rings. The molecule has 0 saturated carbocycles. The summed E-state index contributed by atoms with van der Waals surface area (Å²) in [5.41, 5.74) is 3.40. The van der Waals surface area contributed by atoms with Gasteiger partial charge in [0.1, 0.15) is 8.07 Å². The highest BCUT2D eigenvalue weighted by atomic mass is 28.3. The Hall–Kier alpha value is -0.923. The average molecular weight is 260 g/mol. The van der Waals surface area contributed by atoms with Crippen LogP contribution in [-0.2, 0) is 0 Å². The summed E-state index contributed by atoms with van der Waals surface area (Å²) >= 11 is 0. The standard InChI is InChI=1S/C17H28Si/c1-5-6-7-8-9-10-11-12-13-14-15-16-17-18(2,3)4/h5H,1,6-9,12-15H2,2-4H3. The Morgan fingerprint density at radius 3 is 1.83 bits per heavy atom. The first-order valence-electron chi connectivity index (χ1n) is 7.13. The summed E-state index contributed by atoms with van der Waals surface area (Å²) in [5.74, 6) is 9.80. The molecule has 0 heterocycles. The molecule has 0 aromatic rings. The zero-order valence-electron chi connectivity index (χ0n) is 12.4. The van der Waals surface area contributed by atoms with Gasteiger partial charge in [0.15, 0.2) is 0 Å². The first-order valence-corrected chi connectivity index (χ1v) is 10.6. The first-order chi connectivity index (χ1) is 8.56. The Balaban J connectivity index is 3.37. The number of rotatable bonds is 7. The number of hydrogen-bond acceptors (Lipinski definition) is 0. The molecule has 0 aliphatic carbocycles. The van der Waals surface area contributed by atoms with Crippen LogP contribution >= 0.6 is 0 Å². The van der Waals surface area contributed by atoms with Gasteiger partial charge in [0.2, 0.25) is 0 Å². The van der Waals surface area contributed by atoms with Crippen LogP contribution in [-0.4, -0.2) is 8.07 Å². The molecule has 0 aromatic carbocycles. The molecular weight excluding hydrogens is 232 g/mol. The molecular formula is C17H28Si. The summed E-state index contributed by atoms with van der Waals surface area (Å²) in [6.45, 7) is 10.6. The van der Waals surface area contributed by atoms with Crippen LogP contribution in [0.3, 0.4) is 0 Å². The lowest BCUT2D eigenvalue weighted by Gasteiger charge is -2.02. The number of unbranched alkanes of at least 4 members (excludes halogenated alkanes) is 6. The smallest absolute Gasteiger partial charge is 0.129 e. The van der Waals surface area contributed by atoms with Crippen LogP contribution in [0.2, 0.25) is 19.6 Å². The normalized spacial score (nSPS) is 9.94. The molecule has 0 N–H and O–H groups in total. The Morgan fingerprint density at radius 1 is 0.833 bits per heavy atom. The van der Waals surface area contributed by atoms with Crippen molar-refractivity contribution in [3.63, 3.8) is 0 Å². The van der Waals surface area contributed by atoms with Crippen molar-refractivity contribution in [2.24, 2.45) is 0 Å². The molecule has 0 unspecified atom stereocenters. The molecule has 0 rings (SSSR count). The van der Waals surface area contributed by atoms with Gasteiger partial charge in [-0.2, -0.15) is 0 Å². The van der Waals surface area contributed by atoms with E-state index in [9.17, 15) is 0 Å². The van der Waals surface area contributed by atoms with Crippen LogP contribution in [0.25, 0.3) is 0 Å². The van der Waals surface area contributed by atoms with E-state index in [0.29, 0.717) is 0 Å². The lowest BCUT2D eigenvalue weighted by Crippen LogP contribution is -2.16. The molecule has 0 bridgehead atoms. The second-order valence-electron chi connectivity index (χ2n) is 5.65. The second kappa shape index (κ2) is 11.2. The van der Waals surface area contributed by atoms with E-state index in [-0.39, 0.29) is 0 Å². The van der Waals surface area contributed by atoms with Crippen LogP contribution in [0, 0.1) is 23.3 Å². The van der Waals surface area contributed by atoms with E-state index in [4.69, 9.17) is 0 Å². The minimum absolute atomic E-state index is 1.04. The highest BCUT2D eigenvalue weighted by Gasteiger charge is 2.06. The lowest BCUT2D eigenvalue weighted by molar-refractivity contribution is 0.767. The topological polar surface area (TPSA) is 0 Å². The van der Waals surface area contributed by atoms with Crippen molar-refractivity contribution in [1.29, 1.82) is 0 Å². The van der Waals surface area contributed by atoms with E-state index in [2.05, 4.69) is 49.5 Å². The third-order valence-corrected chi connectivity index (χ3v) is 3.33. The fraction of sp³-hybridized carbons (Fsp3) is 0.647. The maximum absolute atomic E-state index is 3.71. The lowest BCUT2D eigenvalue weighted by atomic mass is 10.1. The molecule has 0 aliphatic rings. The third kappa shape index (κ3) is 15.1. The van der Waals surface area contributed by atoms with Gasteiger partial charge in [0, 0.05) is 19.3 Å². The van der Waals surface area contributed by atoms with Crippen molar-refractivity contribution < 1.29 is 0 Å². The predicted molar refractivity (Wildman–Crippen MR) is 86.0 cm³/mol. The SMILES string of the molecule is C=CCCCCC#CCCCCC#C[Si](C)(C)C. The molecule has 0 radical (unpaired) electrons. The van der Waals surface area contributed by atoms with Crippen molar-refractivity contribution in [2.45, 2.75) is 71.0 Å². The maximum Gasteiger partial charge on any atom is 0.129 e. The molecule has 100 valence electrons. The Labute approximate surface area is 115 Å². The van der Waals surface area contributed by atoms with Crippen molar-refractivity contribution in [2.75, 3.05) is 0 Å². The predicted octanol–water partition coefficient (Wildman–Crippen LogP) is 5.18. The van der Waals surface area contributed by atoms with Gasteiger partial charge in [-0.15, -0.1) is 29.9 Å². The molecule has 0 aliphatic heterocycles. The highest BCUT2D eigenvalue weighted by Crippen LogP contribution is 2.01. The molecule has 0 atom stereocenters. The maximum atomic E-state index is 3.71. The van der Waals surface area contributed by atoms with Gasteiger partial charge in [-0.3, -0.25) is 0 Å². The summed E-state index contributed by atoms with van der Waals surface area (Å²) in [7, 11) is -1.15. The monoisotopic (exact) mass is 260 g/mol. The van der Waals surface area contributed by atoms with Crippen LogP contribution in [0.4, 0.5) is 0 Å². The van der Waals surface area contributed by atoms with Gasteiger partial charge >= 0.3 is 0 Å². The quantitative estimate of drug-likeness (QED) is 0.256. The zero-order valence-corrected chi connectivity index (χ0v) is 13.4. The minimum atomic E-state index is -1.15. The van der Waals surface area contributed by atoms with Crippen LogP contribution < -0.4 is 0 Å². The summed E-state index contributed by atoms with van der Waals surface area (Å²) in [6.07, 6.45) is 11.1. The van der Waals surface area contributed by atoms with Crippen LogP contribution in [0.5, 0.6) is 0 Å². The van der Waals surface area contributed by atoms with Crippen molar-refractivity contribution in [1.82, 2.24) is 0 Å². The molecule has 0 spiro atoms. The van der Waals surface area contributed by atoms with E-state index in [0.717, 1.165) is 25.7 Å². The zero-order chi connectivity index (χ0) is 13.7. The molecule has 1 heteroatoms. The van der Waals surface area contributed by atoms with Gasteiger partial charge in [0.25, 0.3) is 0 Å². The van der Waals surface area contributed by atoms with E-state index in [1.165, 1.54) is 25.7 Å². The van der Waals surface area contributed by atoms with Gasteiger partial charge in [-0.25, -0.2) is 0 Å². The Kier molecular flexibility index (Phi) is 10.6. The average Bonchev–Trinajstić information content (AvgIpc) is 2.29. The van der Waals surface area contributed by atoms with Crippen molar-refractivity contribution >= 4 is 8.07 Å². The van der Waals surface area contributed by atoms with Crippen molar-refractivity contribution in [3.05, 3.63) is 12.7 Å². The van der Waals surface area contributed by atoms with Gasteiger partial charge in [0.05, 0.1) is 0 Å². The fourth-order valence-electron chi connectivity index (χ4n) is 1.43. The summed E-state index contributed by atoms with van der Waals surface area (Å²) in [5, 5.41) is 0. The Morgan fingerprint density at radius 2 is 1.33 bits per heavy atom. The van der Waals surface area contributed by atoms with Crippen molar-refractivity contribution in [3.8, 4) is 23.3 Å². The Bertz CT molecular complexity index is 325.